The monoisotopic (exact) mass is 149 g/mol. The topological polar surface area (TPSA) is 71.5 Å². The van der Waals surface area contributed by atoms with E-state index in [1.807, 2.05) is 13.0 Å². The molecule has 0 aromatic heterocycles. The SMILES string of the molecule is CCCC(=N)/C=C(/C#N)C=N. The van der Waals surface area contributed by atoms with Crippen LogP contribution in [-0.2, 0) is 0 Å². The Morgan fingerprint density at radius 3 is 2.64 bits per heavy atom. The summed E-state index contributed by atoms with van der Waals surface area (Å²) in [7, 11) is 0. The van der Waals surface area contributed by atoms with Crippen LogP contribution in [0.2, 0.25) is 0 Å². The lowest BCUT2D eigenvalue weighted by molar-refractivity contribution is 0.990. The molecule has 11 heavy (non-hydrogen) atoms. The van der Waals surface area contributed by atoms with Gasteiger partial charge in [0.25, 0.3) is 0 Å². The minimum absolute atomic E-state index is 0.239. The van der Waals surface area contributed by atoms with Crippen molar-refractivity contribution in [1.29, 1.82) is 16.1 Å². The van der Waals surface area contributed by atoms with Crippen molar-refractivity contribution in [3.05, 3.63) is 11.6 Å². The summed E-state index contributed by atoms with van der Waals surface area (Å²) in [6, 6.07) is 1.82. The smallest absolute Gasteiger partial charge is 0.101 e. The first-order valence-electron chi connectivity index (χ1n) is 3.44. The zero-order valence-corrected chi connectivity index (χ0v) is 6.52. The highest BCUT2D eigenvalue weighted by Crippen LogP contribution is 1.94. The summed E-state index contributed by atoms with van der Waals surface area (Å²) < 4.78 is 0. The van der Waals surface area contributed by atoms with E-state index in [0.29, 0.717) is 12.1 Å². The van der Waals surface area contributed by atoms with Crippen molar-refractivity contribution in [2.45, 2.75) is 19.8 Å². The number of nitrogens with one attached hydrogen (secondary N) is 2. The molecule has 0 unspecified atom stereocenters. The van der Waals surface area contributed by atoms with Gasteiger partial charge in [-0.2, -0.15) is 5.26 Å². The minimum atomic E-state index is 0.239. The zero-order chi connectivity index (χ0) is 8.69. The van der Waals surface area contributed by atoms with Gasteiger partial charge in [0.05, 0.1) is 5.57 Å². The Labute approximate surface area is 66.4 Å². The summed E-state index contributed by atoms with van der Waals surface area (Å²) >= 11 is 0. The van der Waals surface area contributed by atoms with Gasteiger partial charge in [0.2, 0.25) is 0 Å². The van der Waals surface area contributed by atoms with Crippen molar-refractivity contribution in [3.63, 3.8) is 0 Å². The number of allylic oxidation sites excluding steroid dienone is 2. The molecule has 0 aromatic rings. The molecule has 3 nitrogen and oxygen atoms in total. The van der Waals surface area contributed by atoms with Crippen LogP contribution in [0.5, 0.6) is 0 Å². The molecule has 0 amide bonds. The molecule has 58 valence electrons. The molecule has 0 heterocycles. The second-order valence-electron chi connectivity index (χ2n) is 2.13. The van der Waals surface area contributed by atoms with Gasteiger partial charge in [-0.15, -0.1) is 0 Å². The van der Waals surface area contributed by atoms with Crippen LogP contribution < -0.4 is 0 Å². The van der Waals surface area contributed by atoms with E-state index in [9.17, 15) is 0 Å². The molecule has 0 aliphatic rings. The molecule has 0 radical (unpaired) electrons. The van der Waals surface area contributed by atoms with Crippen LogP contribution in [0.1, 0.15) is 19.8 Å². The second kappa shape index (κ2) is 5.36. The Kier molecular flexibility index (Phi) is 4.67. The predicted octanol–water partition coefficient (Wildman–Crippen LogP) is 1.91. The molecule has 0 fully saturated rings. The summed E-state index contributed by atoms with van der Waals surface area (Å²) in [4.78, 5) is 0. The van der Waals surface area contributed by atoms with E-state index >= 15 is 0 Å². The summed E-state index contributed by atoms with van der Waals surface area (Å²) in [5.41, 5.74) is 0.649. The van der Waals surface area contributed by atoms with Crippen molar-refractivity contribution in [3.8, 4) is 6.07 Å². The normalized spacial score (nSPS) is 10.4. The third kappa shape index (κ3) is 4.04. The van der Waals surface area contributed by atoms with Crippen LogP contribution in [0.15, 0.2) is 11.6 Å². The molecule has 0 spiro atoms. The van der Waals surface area contributed by atoms with Crippen LogP contribution in [-0.4, -0.2) is 11.9 Å². The molecule has 0 bridgehead atoms. The Balaban J connectivity index is 4.18. The lowest BCUT2D eigenvalue weighted by atomic mass is 10.1. The standard InChI is InChI=1S/C8H11N3/c1-2-3-8(11)4-7(5-9)6-10/h4-5,9,11H,2-3H2,1H3/b7-4+,9-5?,11-8?. The Morgan fingerprint density at radius 2 is 2.27 bits per heavy atom. The van der Waals surface area contributed by atoms with E-state index in [1.165, 1.54) is 6.08 Å². The molecular weight excluding hydrogens is 138 g/mol. The Hall–Kier alpha value is -1.43. The summed E-state index contributed by atoms with van der Waals surface area (Å²) in [6.07, 6.45) is 3.95. The van der Waals surface area contributed by atoms with Gasteiger partial charge in [0, 0.05) is 11.9 Å². The third-order valence-corrected chi connectivity index (χ3v) is 1.13. The fourth-order valence-corrected chi connectivity index (χ4v) is 0.635. The molecule has 0 saturated heterocycles. The van der Waals surface area contributed by atoms with Crippen LogP contribution in [0.3, 0.4) is 0 Å². The molecular formula is C8H11N3. The fraction of sp³-hybridized carbons (Fsp3) is 0.375. The van der Waals surface area contributed by atoms with E-state index in [0.717, 1.165) is 12.6 Å². The second-order valence-corrected chi connectivity index (χ2v) is 2.13. The van der Waals surface area contributed by atoms with Crippen molar-refractivity contribution in [2.75, 3.05) is 0 Å². The molecule has 0 aliphatic heterocycles. The van der Waals surface area contributed by atoms with E-state index in [-0.39, 0.29) is 5.57 Å². The third-order valence-electron chi connectivity index (χ3n) is 1.13. The highest BCUT2D eigenvalue weighted by atomic mass is 14.4. The van der Waals surface area contributed by atoms with Crippen LogP contribution in [0.25, 0.3) is 0 Å². The maximum absolute atomic E-state index is 8.38. The van der Waals surface area contributed by atoms with Crippen LogP contribution in [0, 0.1) is 22.1 Å². The molecule has 0 aromatic carbocycles. The highest BCUT2D eigenvalue weighted by molar-refractivity contribution is 5.99. The maximum atomic E-state index is 8.38. The van der Waals surface area contributed by atoms with E-state index < -0.39 is 0 Å². The van der Waals surface area contributed by atoms with Crippen molar-refractivity contribution in [1.82, 2.24) is 0 Å². The molecule has 2 N–H and O–H groups in total. The van der Waals surface area contributed by atoms with Gasteiger partial charge in [-0.25, -0.2) is 0 Å². The number of nitrogens with zero attached hydrogens (tertiary/aromatic N) is 1. The lowest BCUT2D eigenvalue weighted by Crippen LogP contribution is -1.92. The fourth-order valence-electron chi connectivity index (χ4n) is 0.635. The average molecular weight is 149 g/mol. The maximum Gasteiger partial charge on any atom is 0.101 e. The van der Waals surface area contributed by atoms with Gasteiger partial charge in [-0.05, 0) is 12.5 Å². The zero-order valence-electron chi connectivity index (χ0n) is 6.52. The van der Waals surface area contributed by atoms with Crippen molar-refractivity contribution in [2.24, 2.45) is 0 Å². The van der Waals surface area contributed by atoms with Gasteiger partial charge in [-0.3, -0.25) is 0 Å². The summed E-state index contributed by atoms with van der Waals surface area (Å²) in [6.45, 7) is 1.97. The summed E-state index contributed by atoms with van der Waals surface area (Å²) in [5.74, 6) is 0. The Bertz CT molecular complexity index is 220. The number of hydrogen-bond donors (Lipinski definition) is 2. The first-order chi connectivity index (χ1) is 5.24. The highest BCUT2D eigenvalue weighted by Gasteiger charge is 1.92. The van der Waals surface area contributed by atoms with Gasteiger partial charge < -0.3 is 10.8 Å². The van der Waals surface area contributed by atoms with Gasteiger partial charge in [-0.1, -0.05) is 13.3 Å². The largest absolute Gasteiger partial charge is 0.307 e. The van der Waals surface area contributed by atoms with Gasteiger partial charge in [0.15, 0.2) is 0 Å². The Morgan fingerprint density at radius 1 is 1.64 bits per heavy atom. The number of nitriles is 1. The number of hydrogen-bond acceptors (Lipinski definition) is 3. The first kappa shape index (κ1) is 9.57. The molecule has 0 aliphatic carbocycles. The van der Waals surface area contributed by atoms with Gasteiger partial charge in [0.1, 0.15) is 6.07 Å². The van der Waals surface area contributed by atoms with Crippen molar-refractivity contribution >= 4 is 11.9 Å². The molecule has 3 heteroatoms. The van der Waals surface area contributed by atoms with Crippen LogP contribution >= 0.6 is 0 Å². The van der Waals surface area contributed by atoms with E-state index in [2.05, 4.69) is 0 Å². The minimum Gasteiger partial charge on any atom is -0.307 e. The molecule has 0 atom stereocenters. The molecule has 0 saturated carbocycles. The summed E-state index contributed by atoms with van der Waals surface area (Å²) in [5, 5.41) is 22.4. The van der Waals surface area contributed by atoms with Crippen molar-refractivity contribution < 1.29 is 0 Å². The lowest BCUT2D eigenvalue weighted by Gasteiger charge is -1.92. The number of rotatable bonds is 4. The predicted molar refractivity (Wildman–Crippen MR) is 45.1 cm³/mol. The quantitative estimate of drug-likeness (QED) is 0.465. The average Bonchev–Trinajstić information content (AvgIpc) is 2.01. The van der Waals surface area contributed by atoms with E-state index in [1.54, 1.807) is 0 Å². The van der Waals surface area contributed by atoms with Gasteiger partial charge >= 0.3 is 0 Å². The van der Waals surface area contributed by atoms with Crippen LogP contribution in [0.4, 0.5) is 0 Å². The first-order valence-corrected chi connectivity index (χ1v) is 3.44. The molecule has 0 rings (SSSR count). The van der Waals surface area contributed by atoms with E-state index in [4.69, 9.17) is 16.1 Å².